The Hall–Kier alpha value is -2.02. The number of halogens is 2. The molecule has 2 aromatic rings. The number of carboxylic acid groups (broad SMARTS) is 1. The van der Waals surface area contributed by atoms with Gasteiger partial charge in [0.25, 0.3) is 0 Å². The molecule has 0 spiro atoms. The smallest absolute Gasteiger partial charge is 0.348 e. The zero-order valence-electron chi connectivity index (χ0n) is 8.28. The van der Waals surface area contributed by atoms with Crippen molar-refractivity contribution in [2.24, 2.45) is 0 Å². The van der Waals surface area contributed by atoms with Crippen LogP contribution in [0.2, 0.25) is 0 Å². The van der Waals surface area contributed by atoms with E-state index in [9.17, 15) is 13.6 Å². The molecule has 0 saturated heterocycles. The molecule has 0 fully saturated rings. The maximum Gasteiger partial charge on any atom is 0.348 e. The standard InChI is InChI=1S/C10H6F2N2O2S/c11-4-1-2-6(12)5(3-4)7-8(9(15)16)17-10(13)14-7/h1-3H,(H2,13,14)(H,15,16). The van der Waals surface area contributed by atoms with Gasteiger partial charge < -0.3 is 10.8 Å². The maximum absolute atomic E-state index is 13.5. The van der Waals surface area contributed by atoms with E-state index in [2.05, 4.69) is 4.98 Å². The predicted octanol–water partition coefficient (Wildman–Crippen LogP) is 2.37. The van der Waals surface area contributed by atoms with E-state index < -0.39 is 17.6 Å². The normalized spacial score (nSPS) is 10.5. The number of nitrogens with zero attached hydrogens (tertiary/aromatic N) is 1. The van der Waals surface area contributed by atoms with Gasteiger partial charge in [0.2, 0.25) is 0 Å². The third kappa shape index (κ3) is 2.09. The summed E-state index contributed by atoms with van der Waals surface area (Å²) in [5.41, 5.74) is 5.00. The van der Waals surface area contributed by atoms with Gasteiger partial charge in [-0.25, -0.2) is 18.6 Å². The van der Waals surface area contributed by atoms with Crippen molar-refractivity contribution in [1.29, 1.82) is 0 Å². The van der Waals surface area contributed by atoms with Crippen molar-refractivity contribution in [3.05, 3.63) is 34.7 Å². The van der Waals surface area contributed by atoms with Crippen LogP contribution in [0.25, 0.3) is 11.3 Å². The molecule has 2 rings (SSSR count). The summed E-state index contributed by atoms with van der Waals surface area (Å²) in [6.07, 6.45) is 0. The minimum Gasteiger partial charge on any atom is -0.477 e. The number of aromatic nitrogens is 1. The fraction of sp³-hybridized carbons (Fsp3) is 0. The monoisotopic (exact) mass is 256 g/mol. The molecule has 0 saturated carbocycles. The number of nitrogens with two attached hydrogens (primary N) is 1. The molecule has 4 nitrogen and oxygen atoms in total. The van der Waals surface area contributed by atoms with E-state index in [0.717, 1.165) is 18.2 Å². The zero-order chi connectivity index (χ0) is 12.6. The first kappa shape index (κ1) is 11.5. The molecule has 3 N–H and O–H groups in total. The molecule has 0 bridgehead atoms. The van der Waals surface area contributed by atoms with Crippen LogP contribution >= 0.6 is 11.3 Å². The third-order valence-electron chi connectivity index (χ3n) is 2.02. The lowest BCUT2D eigenvalue weighted by Crippen LogP contribution is -1.97. The molecule has 0 aliphatic heterocycles. The zero-order valence-corrected chi connectivity index (χ0v) is 9.09. The van der Waals surface area contributed by atoms with Gasteiger partial charge in [0.15, 0.2) is 5.13 Å². The van der Waals surface area contributed by atoms with E-state index in [1.807, 2.05) is 0 Å². The Morgan fingerprint density at radius 2 is 2.12 bits per heavy atom. The van der Waals surface area contributed by atoms with Crippen LogP contribution in [0.5, 0.6) is 0 Å². The molecule has 1 aromatic carbocycles. The van der Waals surface area contributed by atoms with Crippen molar-refractivity contribution in [2.75, 3.05) is 5.73 Å². The van der Waals surface area contributed by atoms with Gasteiger partial charge >= 0.3 is 5.97 Å². The highest BCUT2D eigenvalue weighted by molar-refractivity contribution is 7.17. The Morgan fingerprint density at radius 3 is 2.76 bits per heavy atom. The van der Waals surface area contributed by atoms with Crippen molar-refractivity contribution >= 4 is 22.4 Å². The summed E-state index contributed by atoms with van der Waals surface area (Å²) >= 11 is 0.710. The summed E-state index contributed by atoms with van der Waals surface area (Å²) in [7, 11) is 0. The Balaban J connectivity index is 2.67. The van der Waals surface area contributed by atoms with E-state index in [1.165, 1.54) is 0 Å². The predicted molar refractivity (Wildman–Crippen MR) is 58.8 cm³/mol. The molecule has 1 heterocycles. The first-order valence-electron chi connectivity index (χ1n) is 4.44. The first-order valence-corrected chi connectivity index (χ1v) is 5.25. The molecule has 0 aliphatic carbocycles. The molecule has 17 heavy (non-hydrogen) atoms. The van der Waals surface area contributed by atoms with Crippen molar-refractivity contribution < 1.29 is 18.7 Å². The van der Waals surface area contributed by atoms with Gasteiger partial charge in [-0.3, -0.25) is 0 Å². The highest BCUT2D eigenvalue weighted by atomic mass is 32.1. The molecule has 0 unspecified atom stereocenters. The van der Waals surface area contributed by atoms with Crippen LogP contribution < -0.4 is 5.73 Å². The number of rotatable bonds is 2. The summed E-state index contributed by atoms with van der Waals surface area (Å²) < 4.78 is 26.5. The summed E-state index contributed by atoms with van der Waals surface area (Å²) in [6, 6.07) is 2.73. The number of nitrogen functional groups attached to an aromatic ring is 1. The third-order valence-corrected chi connectivity index (χ3v) is 2.89. The fourth-order valence-corrected chi connectivity index (χ4v) is 2.03. The van der Waals surface area contributed by atoms with E-state index >= 15 is 0 Å². The van der Waals surface area contributed by atoms with Crippen molar-refractivity contribution in [3.63, 3.8) is 0 Å². The lowest BCUT2D eigenvalue weighted by Gasteiger charge is -2.01. The minimum absolute atomic E-state index is 0.0129. The van der Waals surface area contributed by atoms with Gasteiger partial charge in [-0.1, -0.05) is 11.3 Å². The van der Waals surface area contributed by atoms with Gasteiger partial charge in [-0.2, -0.15) is 0 Å². The first-order chi connectivity index (χ1) is 7.99. The Kier molecular flexibility index (Phi) is 2.76. The van der Waals surface area contributed by atoms with Gasteiger partial charge in [-0.05, 0) is 18.2 Å². The molecule has 0 atom stereocenters. The average molecular weight is 256 g/mol. The summed E-state index contributed by atoms with van der Waals surface area (Å²) in [5.74, 6) is -2.71. The van der Waals surface area contributed by atoms with E-state index in [-0.39, 0.29) is 21.3 Å². The molecule has 0 amide bonds. The minimum atomic E-state index is -1.28. The lowest BCUT2D eigenvalue weighted by molar-refractivity contribution is 0.0702. The summed E-state index contributed by atoms with van der Waals surface area (Å²) in [5, 5.41) is 8.89. The summed E-state index contributed by atoms with van der Waals surface area (Å²) in [4.78, 5) is 14.4. The van der Waals surface area contributed by atoms with Crippen LogP contribution in [0, 0.1) is 11.6 Å². The maximum atomic E-state index is 13.5. The van der Waals surface area contributed by atoms with Crippen molar-refractivity contribution in [1.82, 2.24) is 4.98 Å². The van der Waals surface area contributed by atoms with E-state index in [4.69, 9.17) is 10.8 Å². The van der Waals surface area contributed by atoms with Gasteiger partial charge in [0.1, 0.15) is 22.2 Å². The van der Waals surface area contributed by atoms with Gasteiger partial charge in [-0.15, -0.1) is 0 Å². The fourth-order valence-electron chi connectivity index (χ4n) is 1.34. The number of hydrogen-bond acceptors (Lipinski definition) is 4. The number of hydrogen-bond donors (Lipinski definition) is 2. The van der Waals surface area contributed by atoms with Crippen molar-refractivity contribution in [3.8, 4) is 11.3 Å². The Bertz CT molecular complexity index is 598. The number of carboxylic acids is 1. The molecule has 88 valence electrons. The van der Waals surface area contributed by atoms with Crippen LogP contribution in [0.15, 0.2) is 18.2 Å². The molecule has 0 aliphatic rings. The van der Waals surface area contributed by atoms with E-state index in [0.29, 0.717) is 11.3 Å². The number of aromatic carboxylic acids is 1. The largest absolute Gasteiger partial charge is 0.477 e. The van der Waals surface area contributed by atoms with E-state index in [1.54, 1.807) is 0 Å². The lowest BCUT2D eigenvalue weighted by atomic mass is 10.1. The summed E-state index contributed by atoms with van der Waals surface area (Å²) in [6.45, 7) is 0. The number of benzene rings is 1. The second-order valence-electron chi connectivity index (χ2n) is 3.16. The number of anilines is 1. The second kappa shape index (κ2) is 4.10. The highest BCUT2D eigenvalue weighted by Gasteiger charge is 2.20. The van der Waals surface area contributed by atoms with Crippen LogP contribution in [0.1, 0.15) is 9.67 Å². The molecular weight excluding hydrogens is 250 g/mol. The van der Waals surface area contributed by atoms with Gasteiger partial charge in [0.05, 0.1) is 0 Å². The number of carbonyl (C=O) groups is 1. The van der Waals surface area contributed by atoms with Crippen LogP contribution in [0.3, 0.4) is 0 Å². The van der Waals surface area contributed by atoms with Crippen molar-refractivity contribution in [2.45, 2.75) is 0 Å². The highest BCUT2D eigenvalue weighted by Crippen LogP contribution is 2.31. The molecule has 7 heteroatoms. The van der Waals surface area contributed by atoms with Crippen LogP contribution in [0.4, 0.5) is 13.9 Å². The van der Waals surface area contributed by atoms with Crippen LogP contribution in [-0.2, 0) is 0 Å². The van der Waals surface area contributed by atoms with Crippen LogP contribution in [-0.4, -0.2) is 16.1 Å². The molecule has 0 radical (unpaired) electrons. The molecular formula is C10H6F2N2O2S. The topological polar surface area (TPSA) is 76.2 Å². The Morgan fingerprint density at radius 1 is 1.41 bits per heavy atom. The Labute approximate surface area is 98.3 Å². The van der Waals surface area contributed by atoms with Gasteiger partial charge in [0, 0.05) is 5.56 Å². The number of thiazole rings is 1. The average Bonchev–Trinajstić information content (AvgIpc) is 2.64. The quantitative estimate of drug-likeness (QED) is 0.864. The second-order valence-corrected chi connectivity index (χ2v) is 4.19. The molecule has 1 aromatic heterocycles. The SMILES string of the molecule is Nc1nc(-c2cc(F)ccc2F)c(C(=O)O)s1.